The smallest absolute Gasteiger partial charge is 0.172 e. The Morgan fingerprint density at radius 1 is 1.54 bits per heavy atom. The average molecular weight is 179 g/mol. The molecule has 1 aromatic carbocycles. The van der Waals surface area contributed by atoms with Crippen LogP contribution < -0.4 is 4.74 Å². The number of hydrogen-bond acceptors (Lipinski definition) is 1. The van der Waals surface area contributed by atoms with E-state index in [1.54, 1.807) is 18.2 Å². The third-order valence-corrected chi connectivity index (χ3v) is 1.62. The van der Waals surface area contributed by atoms with Crippen molar-refractivity contribution in [3.63, 3.8) is 0 Å². The lowest BCUT2D eigenvalue weighted by Crippen LogP contribution is -1.98. The SMILES string of the molecule is C=[C]c1cccc(OCCC)c1F. The standard InChI is InChI=1S/C11H12FO/c1-3-8-13-10-7-5-6-9(4-2)11(10)12/h5-7H,2-3,8H2,1H3. The monoisotopic (exact) mass is 179 g/mol. The number of halogens is 1. The van der Waals surface area contributed by atoms with Gasteiger partial charge < -0.3 is 4.74 Å². The molecule has 0 fully saturated rings. The van der Waals surface area contributed by atoms with Crippen LogP contribution in [0.25, 0.3) is 0 Å². The fourth-order valence-corrected chi connectivity index (χ4v) is 0.971. The predicted octanol–water partition coefficient (Wildman–Crippen LogP) is 2.95. The third-order valence-electron chi connectivity index (χ3n) is 1.62. The number of benzene rings is 1. The van der Waals surface area contributed by atoms with Gasteiger partial charge in [0.1, 0.15) is 0 Å². The Morgan fingerprint density at radius 3 is 2.92 bits per heavy atom. The molecule has 0 aliphatic carbocycles. The highest BCUT2D eigenvalue weighted by Crippen LogP contribution is 2.20. The van der Waals surface area contributed by atoms with Crippen LogP contribution in [0.15, 0.2) is 24.8 Å². The molecule has 0 aliphatic heterocycles. The first-order valence-electron chi connectivity index (χ1n) is 4.24. The molecule has 0 aliphatic rings. The van der Waals surface area contributed by atoms with Crippen LogP contribution in [-0.2, 0) is 0 Å². The maximum atomic E-state index is 13.4. The van der Waals surface area contributed by atoms with Gasteiger partial charge in [-0.25, -0.2) is 4.39 Å². The van der Waals surface area contributed by atoms with Gasteiger partial charge in [0.15, 0.2) is 11.6 Å². The van der Waals surface area contributed by atoms with Crippen molar-refractivity contribution in [1.82, 2.24) is 0 Å². The predicted molar refractivity (Wildman–Crippen MR) is 50.2 cm³/mol. The molecule has 13 heavy (non-hydrogen) atoms. The van der Waals surface area contributed by atoms with Crippen molar-refractivity contribution in [3.8, 4) is 5.75 Å². The second-order valence-electron chi connectivity index (χ2n) is 2.64. The second kappa shape index (κ2) is 4.65. The van der Waals surface area contributed by atoms with E-state index in [2.05, 4.69) is 12.7 Å². The van der Waals surface area contributed by atoms with Gasteiger partial charge in [-0.15, -0.1) is 0 Å². The van der Waals surface area contributed by atoms with Crippen molar-refractivity contribution in [1.29, 1.82) is 0 Å². The van der Waals surface area contributed by atoms with Crippen LogP contribution in [0.2, 0.25) is 0 Å². The fourth-order valence-electron chi connectivity index (χ4n) is 0.971. The molecule has 0 aromatic heterocycles. The van der Waals surface area contributed by atoms with Crippen molar-refractivity contribution < 1.29 is 9.13 Å². The summed E-state index contributed by atoms with van der Waals surface area (Å²) in [5, 5.41) is 0. The van der Waals surface area contributed by atoms with E-state index >= 15 is 0 Å². The van der Waals surface area contributed by atoms with Gasteiger partial charge in [0.05, 0.1) is 6.61 Å². The summed E-state index contributed by atoms with van der Waals surface area (Å²) in [5.74, 6) is -0.110. The highest BCUT2D eigenvalue weighted by Gasteiger charge is 2.05. The number of hydrogen-bond donors (Lipinski definition) is 0. The average Bonchev–Trinajstić information content (AvgIpc) is 2.16. The highest BCUT2D eigenvalue weighted by molar-refractivity contribution is 5.34. The first kappa shape index (κ1) is 9.78. The van der Waals surface area contributed by atoms with Gasteiger partial charge in [0.25, 0.3) is 0 Å². The van der Waals surface area contributed by atoms with Crippen LogP contribution in [-0.4, -0.2) is 6.61 Å². The lowest BCUT2D eigenvalue weighted by atomic mass is 10.2. The van der Waals surface area contributed by atoms with Gasteiger partial charge in [-0.05, 0) is 18.6 Å². The molecule has 0 atom stereocenters. The summed E-state index contributed by atoms with van der Waals surface area (Å²) in [6, 6.07) is 4.94. The second-order valence-corrected chi connectivity index (χ2v) is 2.64. The topological polar surface area (TPSA) is 9.23 Å². The van der Waals surface area contributed by atoms with E-state index in [1.807, 2.05) is 6.92 Å². The summed E-state index contributed by atoms with van der Waals surface area (Å²) in [6.07, 6.45) is 3.37. The summed E-state index contributed by atoms with van der Waals surface area (Å²) in [6.45, 7) is 5.89. The lowest BCUT2D eigenvalue weighted by Gasteiger charge is -2.06. The highest BCUT2D eigenvalue weighted by atomic mass is 19.1. The first-order chi connectivity index (χ1) is 6.29. The molecule has 0 saturated heterocycles. The minimum Gasteiger partial charge on any atom is -0.491 e. The molecule has 1 radical (unpaired) electrons. The van der Waals surface area contributed by atoms with Crippen molar-refractivity contribution in [2.75, 3.05) is 6.61 Å². The molecule has 0 saturated carbocycles. The molecule has 69 valence electrons. The van der Waals surface area contributed by atoms with Crippen LogP contribution in [0.1, 0.15) is 18.9 Å². The summed E-state index contributed by atoms with van der Waals surface area (Å²) in [5.41, 5.74) is 0.355. The normalized spacial score (nSPS) is 9.69. The molecule has 2 heteroatoms. The lowest BCUT2D eigenvalue weighted by molar-refractivity contribution is 0.301. The maximum absolute atomic E-state index is 13.4. The van der Waals surface area contributed by atoms with Gasteiger partial charge >= 0.3 is 0 Å². The summed E-state index contributed by atoms with van der Waals surface area (Å²) < 4.78 is 18.6. The Kier molecular flexibility index (Phi) is 3.50. The van der Waals surface area contributed by atoms with Gasteiger partial charge in [0.2, 0.25) is 0 Å². The summed E-state index contributed by atoms with van der Waals surface area (Å²) >= 11 is 0. The Hall–Kier alpha value is -1.31. The minimum atomic E-state index is -0.383. The van der Waals surface area contributed by atoms with Crippen molar-refractivity contribution in [2.45, 2.75) is 13.3 Å². The molecular formula is C11H12FO. The third kappa shape index (κ3) is 2.31. The summed E-state index contributed by atoms with van der Waals surface area (Å²) in [7, 11) is 0. The van der Waals surface area contributed by atoms with Gasteiger partial charge in [-0.1, -0.05) is 25.6 Å². The van der Waals surface area contributed by atoms with E-state index in [4.69, 9.17) is 4.74 Å². The zero-order chi connectivity index (χ0) is 9.68. The molecule has 1 aromatic rings. The fraction of sp³-hybridized carbons (Fsp3) is 0.273. The van der Waals surface area contributed by atoms with Gasteiger partial charge in [-0.3, -0.25) is 0 Å². The molecule has 0 spiro atoms. The van der Waals surface area contributed by atoms with E-state index in [9.17, 15) is 4.39 Å². The quantitative estimate of drug-likeness (QED) is 0.690. The number of ether oxygens (including phenoxy) is 1. The van der Waals surface area contributed by atoms with E-state index in [0.717, 1.165) is 6.42 Å². The molecule has 1 nitrogen and oxygen atoms in total. The largest absolute Gasteiger partial charge is 0.491 e. The van der Waals surface area contributed by atoms with Crippen LogP contribution >= 0.6 is 0 Å². The zero-order valence-corrected chi connectivity index (χ0v) is 7.64. The molecule has 0 N–H and O–H groups in total. The minimum absolute atomic E-state index is 0.274. The Morgan fingerprint density at radius 2 is 2.31 bits per heavy atom. The Bertz CT molecular complexity index is 294. The van der Waals surface area contributed by atoms with Crippen LogP contribution in [0.3, 0.4) is 0 Å². The van der Waals surface area contributed by atoms with E-state index < -0.39 is 0 Å². The molecule has 0 bridgehead atoms. The Labute approximate surface area is 77.8 Å². The molecule has 0 unspecified atom stereocenters. The molecular weight excluding hydrogens is 167 g/mol. The van der Waals surface area contributed by atoms with E-state index in [0.29, 0.717) is 12.2 Å². The number of rotatable bonds is 4. The Balaban J connectivity index is 2.87. The molecule has 1 rings (SSSR count). The van der Waals surface area contributed by atoms with Gasteiger partial charge in [-0.2, -0.15) is 0 Å². The van der Waals surface area contributed by atoms with Gasteiger partial charge in [0, 0.05) is 5.56 Å². The first-order valence-corrected chi connectivity index (χ1v) is 4.24. The van der Waals surface area contributed by atoms with Crippen LogP contribution in [0, 0.1) is 11.9 Å². The zero-order valence-electron chi connectivity index (χ0n) is 7.64. The molecule has 0 amide bonds. The molecule has 0 heterocycles. The maximum Gasteiger partial charge on any atom is 0.172 e. The van der Waals surface area contributed by atoms with E-state index in [1.165, 1.54) is 0 Å². The van der Waals surface area contributed by atoms with Crippen molar-refractivity contribution in [2.24, 2.45) is 0 Å². The van der Waals surface area contributed by atoms with Crippen LogP contribution in [0.4, 0.5) is 4.39 Å². The van der Waals surface area contributed by atoms with Crippen LogP contribution in [0.5, 0.6) is 5.75 Å². The van der Waals surface area contributed by atoms with Crippen molar-refractivity contribution >= 4 is 0 Å². The van der Waals surface area contributed by atoms with E-state index in [-0.39, 0.29) is 11.6 Å². The van der Waals surface area contributed by atoms with Crippen molar-refractivity contribution in [3.05, 3.63) is 42.2 Å². The summed E-state index contributed by atoms with van der Waals surface area (Å²) in [4.78, 5) is 0.